The van der Waals surface area contributed by atoms with E-state index in [0.717, 1.165) is 67.5 Å². The molecule has 0 radical (unpaired) electrons. The summed E-state index contributed by atoms with van der Waals surface area (Å²) in [5, 5.41) is 0. The Morgan fingerprint density at radius 1 is 0.304 bits per heavy atom. The third-order valence-corrected chi connectivity index (χ3v) is 10.0. The van der Waals surface area contributed by atoms with E-state index in [9.17, 15) is 0 Å². The molecular formula is C54H42N2. The molecule has 0 atom stereocenters. The Bertz CT molecular complexity index is 2540. The van der Waals surface area contributed by atoms with Crippen LogP contribution in [0.1, 0.15) is 5.56 Å². The Hall–Kier alpha value is -7.42. The SMILES string of the molecule is C=C/C=C(\C=C)c1ccc(-c2ccc(N(c3ccccc3)c3ccc(-c4ccc(N(c5ccccc5)c5ccc(-c6ccccc6)cc5)cc4)cc3)cc2)cc1. The van der Waals surface area contributed by atoms with E-state index in [1.807, 2.05) is 12.2 Å². The first kappa shape index (κ1) is 35.6. The van der Waals surface area contributed by atoms with Gasteiger partial charge in [0.1, 0.15) is 0 Å². The Kier molecular flexibility index (Phi) is 10.6. The topological polar surface area (TPSA) is 6.48 Å². The summed E-state index contributed by atoms with van der Waals surface area (Å²) in [5.41, 5.74) is 15.8. The Morgan fingerprint density at radius 3 is 0.875 bits per heavy atom. The van der Waals surface area contributed by atoms with Gasteiger partial charge in [0.05, 0.1) is 0 Å². The molecular weight excluding hydrogens is 677 g/mol. The lowest BCUT2D eigenvalue weighted by Gasteiger charge is -2.26. The fraction of sp³-hybridized carbons (Fsp3) is 0. The number of para-hydroxylation sites is 2. The number of allylic oxidation sites excluding steroid dienone is 4. The molecule has 0 N–H and O–H groups in total. The van der Waals surface area contributed by atoms with Gasteiger partial charge < -0.3 is 9.80 Å². The second-order valence-electron chi connectivity index (χ2n) is 13.5. The largest absolute Gasteiger partial charge is 0.311 e. The van der Waals surface area contributed by atoms with E-state index in [1.54, 1.807) is 6.08 Å². The number of hydrogen-bond acceptors (Lipinski definition) is 2. The molecule has 0 unspecified atom stereocenters. The maximum Gasteiger partial charge on any atom is 0.0462 e. The average molecular weight is 719 g/mol. The van der Waals surface area contributed by atoms with Crippen LogP contribution in [0.2, 0.25) is 0 Å². The highest BCUT2D eigenvalue weighted by Crippen LogP contribution is 2.39. The molecule has 8 aromatic rings. The highest BCUT2D eigenvalue weighted by molar-refractivity contribution is 5.83. The first-order chi connectivity index (χ1) is 27.7. The summed E-state index contributed by atoms with van der Waals surface area (Å²) in [6.07, 6.45) is 5.63. The fourth-order valence-corrected chi connectivity index (χ4v) is 7.16. The summed E-state index contributed by atoms with van der Waals surface area (Å²) in [6, 6.07) is 75.5. The van der Waals surface area contributed by atoms with Crippen LogP contribution in [0, 0.1) is 0 Å². The standard InChI is InChI=1S/C54H42N2/c1-3-14-41(4-2)43-21-23-44(24-22-43)46-27-35-52(36-28-46)56(50-19-12-7-13-20-50)54-39-31-48(32-40-54)47-29-37-53(38-30-47)55(49-17-10-6-11-18-49)51-33-25-45(26-34-51)42-15-8-5-9-16-42/h3-40H,1-2H2/b41-14+. The smallest absolute Gasteiger partial charge is 0.0462 e. The van der Waals surface area contributed by atoms with Gasteiger partial charge >= 0.3 is 0 Å². The maximum atomic E-state index is 3.95. The van der Waals surface area contributed by atoms with Crippen LogP contribution >= 0.6 is 0 Å². The minimum atomic E-state index is 1.05. The van der Waals surface area contributed by atoms with Crippen LogP contribution in [0.5, 0.6) is 0 Å². The number of anilines is 6. The highest BCUT2D eigenvalue weighted by Gasteiger charge is 2.15. The van der Waals surface area contributed by atoms with Crippen molar-refractivity contribution in [1.29, 1.82) is 0 Å². The Morgan fingerprint density at radius 2 is 0.571 bits per heavy atom. The van der Waals surface area contributed by atoms with Gasteiger partial charge in [0.15, 0.2) is 0 Å². The zero-order valence-electron chi connectivity index (χ0n) is 31.2. The lowest BCUT2D eigenvalue weighted by Crippen LogP contribution is -2.10. The van der Waals surface area contributed by atoms with Crippen LogP contribution < -0.4 is 9.80 Å². The highest BCUT2D eigenvalue weighted by atomic mass is 15.1. The summed E-state index contributed by atoms with van der Waals surface area (Å²) in [5.74, 6) is 0. The summed E-state index contributed by atoms with van der Waals surface area (Å²) in [7, 11) is 0. The molecule has 2 heteroatoms. The molecule has 56 heavy (non-hydrogen) atoms. The minimum absolute atomic E-state index is 1.05. The number of benzene rings is 8. The summed E-state index contributed by atoms with van der Waals surface area (Å²) < 4.78 is 0. The molecule has 0 saturated heterocycles. The van der Waals surface area contributed by atoms with Crippen LogP contribution in [0.25, 0.3) is 39.0 Å². The van der Waals surface area contributed by atoms with Crippen molar-refractivity contribution in [2.45, 2.75) is 0 Å². The monoisotopic (exact) mass is 718 g/mol. The van der Waals surface area contributed by atoms with Crippen LogP contribution in [-0.2, 0) is 0 Å². The molecule has 0 bridgehead atoms. The minimum Gasteiger partial charge on any atom is -0.311 e. The zero-order valence-corrected chi connectivity index (χ0v) is 31.2. The summed E-state index contributed by atoms with van der Waals surface area (Å²) in [6.45, 7) is 7.78. The quantitative estimate of drug-likeness (QED) is 0.116. The number of nitrogens with zero attached hydrogens (tertiary/aromatic N) is 2. The molecule has 0 spiro atoms. The van der Waals surface area contributed by atoms with E-state index < -0.39 is 0 Å². The van der Waals surface area contributed by atoms with Gasteiger partial charge in [0, 0.05) is 34.1 Å². The van der Waals surface area contributed by atoms with E-state index in [2.05, 4.69) is 235 Å². The van der Waals surface area contributed by atoms with Crippen LogP contribution in [0.15, 0.2) is 244 Å². The van der Waals surface area contributed by atoms with Crippen molar-refractivity contribution in [2.75, 3.05) is 9.80 Å². The van der Waals surface area contributed by atoms with Crippen LogP contribution in [-0.4, -0.2) is 0 Å². The van der Waals surface area contributed by atoms with E-state index >= 15 is 0 Å². The third kappa shape index (κ3) is 7.77. The molecule has 0 heterocycles. The molecule has 0 aliphatic rings. The first-order valence-corrected chi connectivity index (χ1v) is 18.9. The normalized spacial score (nSPS) is 11.1. The average Bonchev–Trinajstić information content (AvgIpc) is 3.28. The Balaban J connectivity index is 1.05. The van der Waals surface area contributed by atoms with Crippen molar-refractivity contribution < 1.29 is 0 Å². The molecule has 268 valence electrons. The van der Waals surface area contributed by atoms with Gasteiger partial charge in [-0.25, -0.2) is 0 Å². The second kappa shape index (κ2) is 16.7. The lowest BCUT2D eigenvalue weighted by atomic mass is 9.99. The van der Waals surface area contributed by atoms with E-state index in [4.69, 9.17) is 0 Å². The van der Waals surface area contributed by atoms with E-state index in [-0.39, 0.29) is 0 Å². The van der Waals surface area contributed by atoms with Gasteiger partial charge in [0.2, 0.25) is 0 Å². The predicted octanol–water partition coefficient (Wildman–Crippen LogP) is 15.4. The van der Waals surface area contributed by atoms with Gasteiger partial charge in [-0.15, -0.1) is 0 Å². The maximum absolute atomic E-state index is 3.95. The first-order valence-electron chi connectivity index (χ1n) is 18.9. The molecule has 8 aromatic carbocycles. The van der Waals surface area contributed by atoms with E-state index in [1.165, 1.54) is 11.1 Å². The zero-order chi connectivity index (χ0) is 38.1. The van der Waals surface area contributed by atoms with E-state index in [0.29, 0.717) is 0 Å². The third-order valence-electron chi connectivity index (χ3n) is 10.0. The van der Waals surface area contributed by atoms with Gasteiger partial charge in [-0.2, -0.15) is 0 Å². The van der Waals surface area contributed by atoms with Crippen molar-refractivity contribution >= 4 is 39.7 Å². The molecule has 0 saturated carbocycles. The van der Waals surface area contributed by atoms with Gasteiger partial charge in [-0.1, -0.05) is 171 Å². The molecule has 0 fully saturated rings. The summed E-state index contributed by atoms with van der Waals surface area (Å²) in [4.78, 5) is 4.61. The Labute approximate surface area is 330 Å². The van der Waals surface area contributed by atoms with Crippen molar-refractivity contribution in [3.63, 3.8) is 0 Å². The molecule has 0 aliphatic carbocycles. The summed E-state index contributed by atoms with van der Waals surface area (Å²) >= 11 is 0. The molecule has 2 nitrogen and oxygen atoms in total. The molecule has 8 rings (SSSR count). The predicted molar refractivity (Wildman–Crippen MR) is 240 cm³/mol. The van der Waals surface area contributed by atoms with Gasteiger partial charge in [-0.05, 0) is 117 Å². The van der Waals surface area contributed by atoms with Gasteiger partial charge in [0.25, 0.3) is 0 Å². The van der Waals surface area contributed by atoms with Crippen molar-refractivity contribution in [2.24, 2.45) is 0 Å². The lowest BCUT2D eigenvalue weighted by molar-refractivity contribution is 1.28. The second-order valence-corrected chi connectivity index (χ2v) is 13.5. The van der Waals surface area contributed by atoms with Gasteiger partial charge in [-0.3, -0.25) is 0 Å². The molecule has 0 aromatic heterocycles. The number of hydrogen-bond donors (Lipinski definition) is 0. The molecule has 0 amide bonds. The molecule has 0 aliphatic heterocycles. The van der Waals surface area contributed by atoms with Crippen LogP contribution in [0.4, 0.5) is 34.1 Å². The van der Waals surface area contributed by atoms with Crippen molar-refractivity contribution in [1.82, 2.24) is 0 Å². The van der Waals surface area contributed by atoms with Crippen molar-refractivity contribution in [3.8, 4) is 33.4 Å². The van der Waals surface area contributed by atoms with Crippen molar-refractivity contribution in [3.05, 3.63) is 249 Å². The fourth-order valence-electron chi connectivity index (χ4n) is 7.16. The number of rotatable bonds is 12. The van der Waals surface area contributed by atoms with Crippen LogP contribution in [0.3, 0.4) is 0 Å².